The standard InChI is InChI=1S/C17H10ClF3N4S/c18-13-4-2-1-3-11(13)9-14-24-25-15(22-23-16(25)26-14)10-5-7-12(8-6-10)17(19,20)21/h1-8H,9H2. The maximum absolute atomic E-state index is 12.7. The highest BCUT2D eigenvalue weighted by molar-refractivity contribution is 7.16. The lowest BCUT2D eigenvalue weighted by molar-refractivity contribution is -0.137. The van der Waals surface area contributed by atoms with Crippen LogP contribution in [0.5, 0.6) is 0 Å². The van der Waals surface area contributed by atoms with Crippen LogP contribution < -0.4 is 0 Å². The van der Waals surface area contributed by atoms with E-state index in [1.54, 1.807) is 4.52 Å². The van der Waals surface area contributed by atoms with Crippen molar-refractivity contribution in [1.82, 2.24) is 19.8 Å². The second-order valence-corrected chi connectivity index (χ2v) is 7.00. The van der Waals surface area contributed by atoms with Crippen LogP contribution >= 0.6 is 22.9 Å². The van der Waals surface area contributed by atoms with E-state index in [-0.39, 0.29) is 0 Å². The third-order valence-electron chi connectivity index (χ3n) is 3.80. The Hall–Kier alpha value is -2.45. The van der Waals surface area contributed by atoms with E-state index in [0.29, 0.717) is 27.8 Å². The molecule has 0 atom stereocenters. The molecule has 0 saturated heterocycles. The summed E-state index contributed by atoms with van der Waals surface area (Å²) in [6.07, 6.45) is -3.83. The first kappa shape index (κ1) is 17.0. The third kappa shape index (κ3) is 3.17. The zero-order chi connectivity index (χ0) is 18.3. The molecule has 2 heterocycles. The van der Waals surface area contributed by atoms with E-state index < -0.39 is 11.7 Å². The van der Waals surface area contributed by atoms with Gasteiger partial charge in [0.15, 0.2) is 5.82 Å². The summed E-state index contributed by atoms with van der Waals surface area (Å²) in [4.78, 5) is 0.571. The third-order valence-corrected chi connectivity index (χ3v) is 5.07. The van der Waals surface area contributed by atoms with E-state index in [0.717, 1.165) is 22.7 Å². The lowest BCUT2D eigenvalue weighted by Crippen LogP contribution is -2.04. The van der Waals surface area contributed by atoms with Gasteiger partial charge < -0.3 is 0 Å². The molecule has 0 amide bonds. The Morgan fingerprint density at radius 2 is 1.73 bits per heavy atom. The van der Waals surface area contributed by atoms with Crippen molar-refractivity contribution in [3.63, 3.8) is 0 Å². The van der Waals surface area contributed by atoms with Gasteiger partial charge in [0, 0.05) is 17.0 Å². The van der Waals surface area contributed by atoms with Crippen LogP contribution in [0, 0.1) is 0 Å². The maximum Gasteiger partial charge on any atom is 0.416 e. The van der Waals surface area contributed by atoms with Crippen LogP contribution in [0.3, 0.4) is 0 Å². The molecular weight excluding hydrogens is 385 g/mol. The molecule has 0 unspecified atom stereocenters. The van der Waals surface area contributed by atoms with Gasteiger partial charge in [0.1, 0.15) is 5.01 Å². The minimum absolute atomic E-state index is 0.399. The van der Waals surface area contributed by atoms with Crippen LogP contribution in [0.2, 0.25) is 5.02 Å². The first-order valence-electron chi connectivity index (χ1n) is 7.54. The molecule has 4 nitrogen and oxygen atoms in total. The van der Waals surface area contributed by atoms with E-state index in [4.69, 9.17) is 11.6 Å². The van der Waals surface area contributed by atoms with Crippen molar-refractivity contribution in [2.75, 3.05) is 0 Å². The quantitative estimate of drug-likeness (QED) is 0.484. The number of halogens is 4. The highest BCUT2D eigenvalue weighted by Crippen LogP contribution is 2.31. The molecule has 0 fully saturated rings. The van der Waals surface area contributed by atoms with Gasteiger partial charge in [0.2, 0.25) is 4.96 Å². The van der Waals surface area contributed by atoms with E-state index in [2.05, 4.69) is 15.3 Å². The average molecular weight is 395 g/mol. The molecule has 0 aliphatic carbocycles. The van der Waals surface area contributed by atoms with Crippen LogP contribution in [-0.2, 0) is 12.6 Å². The summed E-state index contributed by atoms with van der Waals surface area (Å²) >= 11 is 7.54. The summed E-state index contributed by atoms with van der Waals surface area (Å²) in [7, 11) is 0. The fourth-order valence-corrected chi connectivity index (χ4v) is 3.58. The molecule has 0 aliphatic rings. The van der Waals surface area contributed by atoms with Gasteiger partial charge in [-0.1, -0.05) is 53.3 Å². The van der Waals surface area contributed by atoms with Crippen molar-refractivity contribution < 1.29 is 13.2 Å². The van der Waals surface area contributed by atoms with E-state index in [9.17, 15) is 13.2 Å². The number of alkyl halides is 3. The smallest absolute Gasteiger partial charge is 0.183 e. The summed E-state index contributed by atoms with van der Waals surface area (Å²) < 4.78 is 39.7. The summed E-state index contributed by atoms with van der Waals surface area (Å²) in [6.45, 7) is 0. The van der Waals surface area contributed by atoms with Gasteiger partial charge in [-0.2, -0.15) is 22.8 Å². The summed E-state index contributed by atoms with van der Waals surface area (Å²) in [6, 6.07) is 12.3. The zero-order valence-electron chi connectivity index (χ0n) is 13.0. The zero-order valence-corrected chi connectivity index (χ0v) is 14.6. The van der Waals surface area contributed by atoms with Crippen LogP contribution in [0.1, 0.15) is 16.1 Å². The first-order valence-corrected chi connectivity index (χ1v) is 8.73. The lowest BCUT2D eigenvalue weighted by atomic mass is 10.1. The van der Waals surface area contributed by atoms with Crippen LogP contribution in [0.15, 0.2) is 48.5 Å². The van der Waals surface area contributed by atoms with E-state index in [1.807, 2.05) is 24.3 Å². The van der Waals surface area contributed by atoms with Gasteiger partial charge >= 0.3 is 6.18 Å². The number of hydrogen-bond acceptors (Lipinski definition) is 4. The van der Waals surface area contributed by atoms with Crippen LogP contribution in [0.4, 0.5) is 13.2 Å². The molecule has 0 bridgehead atoms. The minimum Gasteiger partial charge on any atom is -0.183 e. The molecule has 0 N–H and O–H groups in total. The van der Waals surface area contributed by atoms with Crippen LogP contribution in [0.25, 0.3) is 16.3 Å². The summed E-state index contributed by atoms with van der Waals surface area (Å²) in [5.41, 5.74) is 0.745. The lowest BCUT2D eigenvalue weighted by Gasteiger charge is -2.06. The molecule has 26 heavy (non-hydrogen) atoms. The topological polar surface area (TPSA) is 43.1 Å². The van der Waals surface area contributed by atoms with Crippen molar-refractivity contribution in [1.29, 1.82) is 0 Å². The van der Waals surface area contributed by atoms with E-state index in [1.165, 1.54) is 23.5 Å². The predicted molar refractivity (Wildman–Crippen MR) is 93.4 cm³/mol. The number of benzene rings is 2. The minimum atomic E-state index is -4.37. The van der Waals surface area contributed by atoms with Gasteiger partial charge in [0.25, 0.3) is 0 Å². The summed E-state index contributed by atoms with van der Waals surface area (Å²) in [5, 5.41) is 14.0. The Morgan fingerprint density at radius 1 is 1.00 bits per heavy atom. The normalized spacial score (nSPS) is 12.0. The fraction of sp³-hybridized carbons (Fsp3) is 0.118. The molecule has 0 aliphatic heterocycles. The number of aromatic nitrogens is 4. The van der Waals surface area contributed by atoms with Gasteiger partial charge in [-0.3, -0.25) is 0 Å². The van der Waals surface area contributed by atoms with Crippen LogP contribution in [-0.4, -0.2) is 19.8 Å². The molecule has 0 spiro atoms. The van der Waals surface area contributed by atoms with Crippen molar-refractivity contribution in [2.24, 2.45) is 0 Å². The molecule has 9 heteroatoms. The highest BCUT2D eigenvalue weighted by Gasteiger charge is 2.30. The van der Waals surface area contributed by atoms with Crippen molar-refractivity contribution >= 4 is 27.9 Å². The Morgan fingerprint density at radius 3 is 2.42 bits per heavy atom. The van der Waals surface area contributed by atoms with E-state index >= 15 is 0 Å². The van der Waals surface area contributed by atoms with Gasteiger partial charge in [-0.25, -0.2) is 0 Å². The predicted octanol–water partition coefficient (Wildman–Crippen LogP) is 5.12. The van der Waals surface area contributed by atoms with Crippen molar-refractivity contribution in [2.45, 2.75) is 12.6 Å². The molecule has 0 radical (unpaired) electrons. The van der Waals surface area contributed by atoms with Gasteiger partial charge in [0.05, 0.1) is 5.56 Å². The molecular formula is C17H10ClF3N4S. The number of fused-ring (bicyclic) bond motifs is 1. The Labute approximate surface area is 154 Å². The Balaban J connectivity index is 1.67. The average Bonchev–Trinajstić information content (AvgIpc) is 3.16. The Bertz CT molecular complexity index is 1070. The molecule has 0 saturated carbocycles. The molecule has 132 valence electrons. The van der Waals surface area contributed by atoms with Gasteiger partial charge in [-0.05, 0) is 23.8 Å². The van der Waals surface area contributed by atoms with Gasteiger partial charge in [-0.15, -0.1) is 10.2 Å². The second kappa shape index (κ2) is 6.37. The van der Waals surface area contributed by atoms with Crippen molar-refractivity contribution in [3.05, 3.63) is 69.7 Å². The maximum atomic E-state index is 12.7. The molecule has 4 aromatic rings. The van der Waals surface area contributed by atoms with Crippen molar-refractivity contribution in [3.8, 4) is 11.4 Å². The fourth-order valence-electron chi connectivity index (χ4n) is 2.52. The molecule has 2 aromatic heterocycles. The SMILES string of the molecule is FC(F)(F)c1ccc(-c2nnc3sc(Cc4ccccc4Cl)nn23)cc1. The number of nitrogens with zero attached hydrogens (tertiary/aromatic N) is 4. The summed E-state index contributed by atoms with van der Waals surface area (Å²) in [5.74, 6) is 0.399. The number of hydrogen-bond donors (Lipinski definition) is 0. The second-order valence-electron chi connectivity index (χ2n) is 5.56. The largest absolute Gasteiger partial charge is 0.416 e. The molecule has 4 rings (SSSR count). The number of rotatable bonds is 3. The highest BCUT2D eigenvalue weighted by atomic mass is 35.5. The Kier molecular flexibility index (Phi) is 4.16. The first-order chi connectivity index (χ1) is 12.4. The monoisotopic (exact) mass is 394 g/mol. The molecule has 2 aromatic carbocycles.